The first-order chi connectivity index (χ1) is 7.34. The molecule has 0 aromatic carbocycles. The molecule has 1 aromatic heterocycles. The molecule has 0 bridgehead atoms. The van der Waals surface area contributed by atoms with Crippen molar-refractivity contribution in [3.8, 4) is 0 Å². The van der Waals surface area contributed by atoms with Gasteiger partial charge in [-0.2, -0.15) is 0 Å². The van der Waals surface area contributed by atoms with Gasteiger partial charge in [-0.15, -0.1) is 11.8 Å². The quantitative estimate of drug-likeness (QED) is 0.796. The van der Waals surface area contributed by atoms with Gasteiger partial charge in [0.25, 0.3) is 0 Å². The predicted octanol–water partition coefficient (Wildman–Crippen LogP) is 2.62. The minimum absolute atomic E-state index is 0.687. The molecule has 1 aromatic rings. The average Bonchev–Trinajstić information content (AvgIpc) is 2.30. The van der Waals surface area contributed by atoms with Gasteiger partial charge >= 0.3 is 0 Å². The van der Waals surface area contributed by atoms with Gasteiger partial charge in [-0.25, -0.2) is 4.98 Å². The van der Waals surface area contributed by atoms with E-state index in [9.17, 15) is 0 Å². The molecular weight excluding hydrogens is 204 g/mol. The van der Waals surface area contributed by atoms with E-state index >= 15 is 0 Å². The van der Waals surface area contributed by atoms with Gasteiger partial charge in [0.05, 0.1) is 5.03 Å². The predicted molar refractivity (Wildman–Crippen MR) is 65.3 cm³/mol. The summed E-state index contributed by atoms with van der Waals surface area (Å²) in [6.07, 6.45) is 5.97. The first kappa shape index (κ1) is 11.0. The summed E-state index contributed by atoms with van der Waals surface area (Å²) in [5.74, 6) is 1.15. The van der Waals surface area contributed by atoms with Crippen molar-refractivity contribution >= 4 is 11.8 Å². The summed E-state index contributed by atoms with van der Waals surface area (Å²) in [5, 5.41) is 4.70. The summed E-state index contributed by atoms with van der Waals surface area (Å²) in [6, 6.07) is 4.93. The standard InChI is InChI=1S/C12H18N2S/c1-10-5-6-12(14-8-10)15-9-11-4-2-3-7-13-11/h5-6,8,11,13H,2-4,7,9H2,1H3. The van der Waals surface area contributed by atoms with Gasteiger partial charge in [-0.3, -0.25) is 0 Å². The zero-order chi connectivity index (χ0) is 10.5. The number of rotatable bonds is 3. The SMILES string of the molecule is Cc1ccc(SCC2CCCCN2)nc1. The Kier molecular flexibility index (Phi) is 4.03. The Labute approximate surface area is 95.9 Å². The Bertz CT molecular complexity index is 291. The van der Waals surface area contributed by atoms with Gasteiger partial charge in [-0.05, 0) is 37.9 Å². The molecule has 1 aliphatic heterocycles. The number of aromatic nitrogens is 1. The molecule has 0 amide bonds. The Balaban J connectivity index is 1.79. The summed E-state index contributed by atoms with van der Waals surface area (Å²) in [7, 11) is 0. The third-order valence-corrected chi connectivity index (χ3v) is 3.84. The lowest BCUT2D eigenvalue weighted by molar-refractivity contribution is 0.430. The Morgan fingerprint density at radius 3 is 3.07 bits per heavy atom. The second kappa shape index (κ2) is 5.52. The van der Waals surface area contributed by atoms with Crippen molar-refractivity contribution in [1.29, 1.82) is 0 Å². The molecule has 2 rings (SSSR count). The van der Waals surface area contributed by atoms with Crippen LogP contribution in [0.4, 0.5) is 0 Å². The molecule has 2 heterocycles. The number of hydrogen-bond acceptors (Lipinski definition) is 3. The minimum atomic E-state index is 0.687. The van der Waals surface area contributed by atoms with Crippen LogP contribution >= 0.6 is 11.8 Å². The van der Waals surface area contributed by atoms with Crippen molar-refractivity contribution in [1.82, 2.24) is 10.3 Å². The first-order valence-electron chi connectivity index (χ1n) is 5.63. The van der Waals surface area contributed by atoms with Crippen LogP contribution in [0.15, 0.2) is 23.4 Å². The summed E-state index contributed by atoms with van der Waals surface area (Å²) < 4.78 is 0. The van der Waals surface area contributed by atoms with E-state index < -0.39 is 0 Å². The van der Waals surface area contributed by atoms with Crippen molar-refractivity contribution in [2.45, 2.75) is 37.3 Å². The molecule has 82 valence electrons. The van der Waals surface area contributed by atoms with Crippen LogP contribution in [0.5, 0.6) is 0 Å². The second-order valence-electron chi connectivity index (χ2n) is 4.13. The van der Waals surface area contributed by atoms with E-state index in [1.807, 2.05) is 18.0 Å². The zero-order valence-electron chi connectivity index (χ0n) is 9.20. The second-order valence-corrected chi connectivity index (χ2v) is 5.17. The van der Waals surface area contributed by atoms with Crippen LogP contribution in [0.2, 0.25) is 0 Å². The van der Waals surface area contributed by atoms with Crippen LogP contribution in [-0.4, -0.2) is 23.3 Å². The fourth-order valence-electron chi connectivity index (χ4n) is 1.79. The van der Waals surface area contributed by atoms with Gasteiger partial charge in [-0.1, -0.05) is 12.5 Å². The minimum Gasteiger partial charge on any atom is -0.313 e. The summed E-state index contributed by atoms with van der Waals surface area (Å²) in [4.78, 5) is 4.40. The molecule has 1 N–H and O–H groups in total. The maximum atomic E-state index is 4.40. The van der Waals surface area contributed by atoms with E-state index in [0.29, 0.717) is 6.04 Å². The first-order valence-corrected chi connectivity index (χ1v) is 6.62. The molecule has 15 heavy (non-hydrogen) atoms. The molecule has 0 radical (unpaired) electrons. The number of nitrogens with zero attached hydrogens (tertiary/aromatic N) is 1. The Morgan fingerprint density at radius 2 is 2.40 bits per heavy atom. The lowest BCUT2D eigenvalue weighted by Crippen LogP contribution is -2.35. The number of aryl methyl sites for hydroxylation is 1. The van der Waals surface area contributed by atoms with Gasteiger partial charge in [0.1, 0.15) is 0 Å². The normalized spacial score (nSPS) is 21.5. The van der Waals surface area contributed by atoms with E-state index in [-0.39, 0.29) is 0 Å². The molecule has 3 heteroatoms. The number of piperidine rings is 1. The highest BCUT2D eigenvalue weighted by molar-refractivity contribution is 7.99. The van der Waals surface area contributed by atoms with E-state index in [1.54, 1.807) is 0 Å². The largest absolute Gasteiger partial charge is 0.313 e. The van der Waals surface area contributed by atoms with Gasteiger partial charge < -0.3 is 5.32 Å². The molecular formula is C12H18N2S. The van der Waals surface area contributed by atoms with Crippen molar-refractivity contribution in [3.05, 3.63) is 23.9 Å². The fraction of sp³-hybridized carbons (Fsp3) is 0.583. The van der Waals surface area contributed by atoms with E-state index in [2.05, 4.69) is 29.4 Å². The van der Waals surface area contributed by atoms with Crippen LogP contribution in [0.1, 0.15) is 24.8 Å². The van der Waals surface area contributed by atoms with Gasteiger partial charge in [0.15, 0.2) is 0 Å². The van der Waals surface area contributed by atoms with Gasteiger partial charge in [0.2, 0.25) is 0 Å². The van der Waals surface area contributed by atoms with Crippen LogP contribution in [0.25, 0.3) is 0 Å². The average molecular weight is 222 g/mol. The summed E-state index contributed by atoms with van der Waals surface area (Å²) in [5.41, 5.74) is 1.23. The summed E-state index contributed by atoms with van der Waals surface area (Å²) >= 11 is 1.86. The molecule has 0 aliphatic carbocycles. The molecule has 2 nitrogen and oxygen atoms in total. The molecule has 1 atom stereocenters. The zero-order valence-corrected chi connectivity index (χ0v) is 10.0. The third-order valence-electron chi connectivity index (χ3n) is 2.73. The number of thioether (sulfide) groups is 1. The Hall–Kier alpha value is -0.540. The summed E-state index contributed by atoms with van der Waals surface area (Å²) in [6.45, 7) is 3.26. The highest BCUT2D eigenvalue weighted by Crippen LogP contribution is 2.19. The maximum absolute atomic E-state index is 4.40. The van der Waals surface area contributed by atoms with Crippen molar-refractivity contribution in [2.75, 3.05) is 12.3 Å². The van der Waals surface area contributed by atoms with E-state index in [0.717, 1.165) is 10.8 Å². The molecule has 1 saturated heterocycles. The highest BCUT2D eigenvalue weighted by Gasteiger charge is 2.12. The van der Waals surface area contributed by atoms with Crippen molar-refractivity contribution in [3.63, 3.8) is 0 Å². The number of nitrogens with one attached hydrogen (secondary N) is 1. The van der Waals surface area contributed by atoms with Crippen LogP contribution in [0, 0.1) is 6.92 Å². The molecule has 1 fully saturated rings. The van der Waals surface area contributed by atoms with Crippen LogP contribution < -0.4 is 5.32 Å². The molecule has 1 unspecified atom stereocenters. The van der Waals surface area contributed by atoms with Gasteiger partial charge in [0, 0.05) is 18.0 Å². The molecule has 0 saturated carbocycles. The lowest BCUT2D eigenvalue weighted by atomic mass is 10.1. The van der Waals surface area contributed by atoms with Crippen molar-refractivity contribution < 1.29 is 0 Å². The van der Waals surface area contributed by atoms with E-state index in [1.165, 1.54) is 31.4 Å². The third kappa shape index (κ3) is 3.50. The number of hydrogen-bond donors (Lipinski definition) is 1. The monoisotopic (exact) mass is 222 g/mol. The maximum Gasteiger partial charge on any atom is 0.0960 e. The Morgan fingerprint density at radius 1 is 1.47 bits per heavy atom. The van der Waals surface area contributed by atoms with Crippen LogP contribution in [0.3, 0.4) is 0 Å². The highest BCUT2D eigenvalue weighted by atomic mass is 32.2. The lowest BCUT2D eigenvalue weighted by Gasteiger charge is -2.22. The molecule has 0 spiro atoms. The van der Waals surface area contributed by atoms with E-state index in [4.69, 9.17) is 0 Å². The number of pyridine rings is 1. The fourth-order valence-corrected chi connectivity index (χ4v) is 2.74. The van der Waals surface area contributed by atoms with Crippen LogP contribution in [-0.2, 0) is 0 Å². The smallest absolute Gasteiger partial charge is 0.0960 e. The topological polar surface area (TPSA) is 24.9 Å². The van der Waals surface area contributed by atoms with Crippen molar-refractivity contribution in [2.24, 2.45) is 0 Å². The molecule has 1 aliphatic rings.